The Morgan fingerprint density at radius 2 is 2.35 bits per heavy atom. The Labute approximate surface area is 107 Å². The van der Waals surface area contributed by atoms with E-state index in [9.17, 15) is 9.18 Å². The molecule has 94 valence electrons. The van der Waals surface area contributed by atoms with Crippen molar-refractivity contribution in [2.75, 3.05) is 20.3 Å². The van der Waals surface area contributed by atoms with Gasteiger partial charge >= 0.3 is 0 Å². The summed E-state index contributed by atoms with van der Waals surface area (Å²) in [5, 5.41) is 11.6. The first-order valence-corrected chi connectivity index (χ1v) is 5.73. The molecule has 0 radical (unpaired) electrons. The molecule has 4 nitrogen and oxygen atoms in total. The van der Waals surface area contributed by atoms with Crippen LogP contribution in [-0.4, -0.2) is 37.4 Å². The number of aliphatic hydroxyl groups excluding tert-OH is 1. The molecule has 17 heavy (non-hydrogen) atoms. The lowest BCUT2D eigenvalue weighted by Crippen LogP contribution is -2.40. The number of hydrogen-bond acceptors (Lipinski definition) is 3. The second kappa shape index (κ2) is 6.68. The molecule has 6 heteroatoms. The number of amides is 1. The van der Waals surface area contributed by atoms with Crippen LogP contribution in [-0.2, 0) is 4.74 Å². The van der Waals surface area contributed by atoms with Gasteiger partial charge in [0.1, 0.15) is 5.82 Å². The van der Waals surface area contributed by atoms with Crippen molar-refractivity contribution in [2.24, 2.45) is 0 Å². The quantitative estimate of drug-likeness (QED) is 0.863. The molecule has 0 spiro atoms. The molecule has 0 saturated carbocycles. The van der Waals surface area contributed by atoms with E-state index in [0.29, 0.717) is 10.0 Å². The van der Waals surface area contributed by atoms with Crippen LogP contribution in [0.3, 0.4) is 0 Å². The number of halogens is 2. The highest BCUT2D eigenvalue weighted by molar-refractivity contribution is 9.10. The van der Waals surface area contributed by atoms with Crippen molar-refractivity contribution in [1.29, 1.82) is 0 Å². The molecule has 0 bridgehead atoms. The van der Waals surface area contributed by atoms with Crippen LogP contribution in [0.25, 0.3) is 0 Å². The molecule has 0 aromatic heterocycles. The number of aliphatic hydroxyl groups is 1. The monoisotopic (exact) mass is 305 g/mol. The number of carbonyl (C=O) groups excluding carboxylic acids is 1. The molecule has 0 aliphatic carbocycles. The van der Waals surface area contributed by atoms with E-state index < -0.39 is 17.8 Å². The summed E-state index contributed by atoms with van der Waals surface area (Å²) in [6, 6.07) is 3.29. The number of rotatable bonds is 5. The van der Waals surface area contributed by atoms with Crippen LogP contribution in [0.15, 0.2) is 22.7 Å². The fraction of sp³-hybridized carbons (Fsp3) is 0.364. The smallest absolute Gasteiger partial charge is 0.252 e. The number of hydrogen-bond donors (Lipinski definition) is 2. The van der Waals surface area contributed by atoms with Gasteiger partial charge in [-0.05, 0) is 34.1 Å². The highest BCUT2D eigenvalue weighted by Gasteiger charge is 2.15. The molecule has 1 unspecified atom stereocenters. The van der Waals surface area contributed by atoms with E-state index >= 15 is 0 Å². The summed E-state index contributed by atoms with van der Waals surface area (Å²) < 4.78 is 18.0. The average Bonchev–Trinajstić information content (AvgIpc) is 2.28. The molecule has 0 heterocycles. The van der Waals surface area contributed by atoms with Crippen LogP contribution in [0.4, 0.5) is 4.39 Å². The van der Waals surface area contributed by atoms with Gasteiger partial charge in [0.15, 0.2) is 0 Å². The van der Waals surface area contributed by atoms with Crippen molar-refractivity contribution in [3.8, 4) is 0 Å². The molecule has 0 aliphatic heterocycles. The van der Waals surface area contributed by atoms with Crippen LogP contribution in [0.2, 0.25) is 0 Å². The van der Waals surface area contributed by atoms with Crippen molar-refractivity contribution in [3.05, 3.63) is 34.1 Å². The van der Waals surface area contributed by atoms with Crippen LogP contribution in [0, 0.1) is 5.82 Å². The maximum Gasteiger partial charge on any atom is 0.252 e. The first-order valence-electron chi connectivity index (χ1n) is 4.94. The summed E-state index contributed by atoms with van der Waals surface area (Å²) in [7, 11) is 1.47. The van der Waals surface area contributed by atoms with E-state index in [-0.39, 0.29) is 13.2 Å². The van der Waals surface area contributed by atoms with Crippen LogP contribution < -0.4 is 5.32 Å². The number of methoxy groups -OCH3 is 1. The van der Waals surface area contributed by atoms with Gasteiger partial charge in [0, 0.05) is 11.6 Å². The topological polar surface area (TPSA) is 58.6 Å². The minimum absolute atomic E-state index is 0.209. The zero-order valence-corrected chi connectivity index (χ0v) is 10.8. The molecule has 1 rings (SSSR count). The Morgan fingerprint density at radius 3 is 2.88 bits per heavy atom. The van der Waals surface area contributed by atoms with Crippen LogP contribution in [0.1, 0.15) is 10.4 Å². The highest BCUT2D eigenvalue weighted by atomic mass is 79.9. The van der Waals surface area contributed by atoms with E-state index in [4.69, 9.17) is 9.84 Å². The first kappa shape index (κ1) is 14.1. The van der Waals surface area contributed by atoms with Crippen molar-refractivity contribution >= 4 is 21.8 Å². The average molecular weight is 306 g/mol. The second-order valence-electron chi connectivity index (χ2n) is 3.43. The summed E-state index contributed by atoms with van der Waals surface area (Å²) in [5.74, 6) is -0.822. The first-order chi connectivity index (χ1) is 8.08. The number of benzene rings is 1. The van der Waals surface area contributed by atoms with Crippen molar-refractivity contribution in [3.63, 3.8) is 0 Å². The largest absolute Gasteiger partial charge is 0.394 e. The molecule has 2 N–H and O–H groups in total. The number of nitrogens with one attached hydrogen (secondary N) is 1. The van der Waals surface area contributed by atoms with Gasteiger partial charge in [-0.15, -0.1) is 0 Å². The minimum atomic E-state index is -0.482. The summed E-state index contributed by atoms with van der Waals surface area (Å²) in [4.78, 5) is 11.8. The lowest BCUT2D eigenvalue weighted by atomic mass is 10.2. The lowest BCUT2D eigenvalue weighted by molar-refractivity contribution is 0.0839. The zero-order chi connectivity index (χ0) is 12.8. The summed E-state index contributed by atoms with van der Waals surface area (Å²) in [6.07, 6.45) is 0. The third-order valence-electron chi connectivity index (χ3n) is 2.10. The Kier molecular flexibility index (Phi) is 5.54. The van der Waals surface area contributed by atoms with E-state index in [1.807, 2.05) is 0 Å². The van der Waals surface area contributed by atoms with E-state index in [0.717, 1.165) is 0 Å². The van der Waals surface area contributed by atoms with Gasteiger partial charge in [0.05, 0.1) is 24.8 Å². The van der Waals surface area contributed by atoms with E-state index in [1.165, 1.54) is 25.3 Å². The normalized spacial score (nSPS) is 12.2. The second-order valence-corrected chi connectivity index (χ2v) is 4.29. The van der Waals surface area contributed by atoms with Gasteiger partial charge in [-0.3, -0.25) is 4.79 Å². The molecule has 0 fully saturated rings. The Hall–Kier alpha value is -0.980. The molecular weight excluding hydrogens is 293 g/mol. The third kappa shape index (κ3) is 4.07. The van der Waals surface area contributed by atoms with Gasteiger partial charge in [0.25, 0.3) is 5.91 Å². The van der Waals surface area contributed by atoms with Crippen molar-refractivity contribution in [2.45, 2.75) is 6.04 Å². The molecule has 1 atom stereocenters. The van der Waals surface area contributed by atoms with Gasteiger partial charge in [-0.1, -0.05) is 0 Å². The van der Waals surface area contributed by atoms with Crippen molar-refractivity contribution < 1.29 is 19.0 Å². The number of ether oxygens (including phenoxy) is 1. The molecule has 0 aliphatic rings. The van der Waals surface area contributed by atoms with Crippen LogP contribution in [0.5, 0.6) is 0 Å². The summed E-state index contributed by atoms with van der Waals surface area (Å²) in [6.45, 7) is -0.0144. The summed E-state index contributed by atoms with van der Waals surface area (Å²) in [5.41, 5.74) is 0.306. The molecule has 0 saturated heterocycles. The molecular formula is C11H13BrFNO3. The summed E-state index contributed by atoms with van der Waals surface area (Å²) >= 11 is 3.10. The Morgan fingerprint density at radius 1 is 1.65 bits per heavy atom. The SMILES string of the molecule is COCC(CO)NC(=O)c1ccc(F)cc1Br. The maximum atomic E-state index is 12.8. The standard InChI is InChI=1S/C11H13BrFNO3/c1-17-6-8(5-15)14-11(16)9-3-2-7(13)4-10(9)12/h2-4,8,15H,5-6H2,1H3,(H,14,16). The predicted octanol–water partition coefficient (Wildman–Crippen LogP) is 1.33. The van der Waals surface area contributed by atoms with E-state index in [1.54, 1.807) is 0 Å². The zero-order valence-electron chi connectivity index (χ0n) is 9.24. The predicted molar refractivity (Wildman–Crippen MR) is 64.3 cm³/mol. The lowest BCUT2D eigenvalue weighted by Gasteiger charge is -2.15. The van der Waals surface area contributed by atoms with Gasteiger partial charge in [0.2, 0.25) is 0 Å². The highest BCUT2D eigenvalue weighted by Crippen LogP contribution is 2.17. The maximum absolute atomic E-state index is 12.8. The third-order valence-corrected chi connectivity index (χ3v) is 2.76. The van der Waals surface area contributed by atoms with Gasteiger partial charge in [-0.25, -0.2) is 4.39 Å². The fourth-order valence-corrected chi connectivity index (χ4v) is 1.81. The van der Waals surface area contributed by atoms with Gasteiger partial charge < -0.3 is 15.2 Å². The molecule has 1 aromatic carbocycles. The fourth-order valence-electron chi connectivity index (χ4n) is 1.28. The van der Waals surface area contributed by atoms with Gasteiger partial charge in [-0.2, -0.15) is 0 Å². The Bertz CT molecular complexity index is 400. The minimum Gasteiger partial charge on any atom is -0.394 e. The molecule has 1 amide bonds. The molecule has 1 aromatic rings. The number of carbonyl (C=O) groups is 1. The van der Waals surface area contributed by atoms with E-state index in [2.05, 4.69) is 21.2 Å². The van der Waals surface area contributed by atoms with Crippen LogP contribution >= 0.6 is 15.9 Å². The van der Waals surface area contributed by atoms with Crippen molar-refractivity contribution in [1.82, 2.24) is 5.32 Å². The Balaban J connectivity index is 2.75.